The fourth-order valence-electron chi connectivity index (χ4n) is 2.55. The second kappa shape index (κ2) is 4.51. The van der Waals surface area contributed by atoms with Crippen molar-refractivity contribution in [2.45, 2.75) is 25.5 Å². The number of carbonyl (C=O) groups is 1. The molecule has 1 aromatic heterocycles. The van der Waals surface area contributed by atoms with E-state index in [9.17, 15) is 9.90 Å². The van der Waals surface area contributed by atoms with Gasteiger partial charge in [0, 0.05) is 12.1 Å². The number of amides is 1. The van der Waals surface area contributed by atoms with Crippen molar-refractivity contribution in [3.05, 3.63) is 52.8 Å². The van der Waals surface area contributed by atoms with Crippen LogP contribution in [0.4, 0.5) is 0 Å². The third-order valence-electron chi connectivity index (χ3n) is 3.57. The molecule has 1 aromatic carbocycles. The second-order valence-corrected chi connectivity index (χ2v) is 4.83. The highest BCUT2D eigenvalue weighted by Gasteiger charge is 2.32. The SMILES string of the molecule is Cc1[nH]ncc1C(=O)N[C@H]1c2ccccc2C[C@H]1O. The number of rotatable bonds is 2. The van der Waals surface area contributed by atoms with Gasteiger partial charge in [-0.3, -0.25) is 9.89 Å². The fourth-order valence-corrected chi connectivity index (χ4v) is 2.55. The van der Waals surface area contributed by atoms with Crippen LogP contribution in [0.15, 0.2) is 30.5 Å². The first-order valence-electron chi connectivity index (χ1n) is 6.23. The molecule has 2 atom stereocenters. The molecule has 0 radical (unpaired) electrons. The van der Waals surface area contributed by atoms with Crippen molar-refractivity contribution < 1.29 is 9.90 Å². The Kier molecular flexibility index (Phi) is 2.83. The average molecular weight is 257 g/mol. The molecule has 1 heterocycles. The molecule has 5 nitrogen and oxygen atoms in total. The number of hydrogen-bond donors (Lipinski definition) is 3. The number of aryl methyl sites for hydroxylation is 1. The molecule has 0 fully saturated rings. The number of aliphatic hydroxyl groups excluding tert-OH is 1. The van der Waals surface area contributed by atoms with Crippen molar-refractivity contribution >= 4 is 5.91 Å². The van der Waals surface area contributed by atoms with Gasteiger partial charge in [0.25, 0.3) is 5.91 Å². The van der Waals surface area contributed by atoms with E-state index in [0.717, 1.165) is 16.8 Å². The largest absolute Gasteiger partial charge is 0.390 e. The third-order valence-corrected chi connectivity index (χ3v) is 3.57. The lowest BCUT2D eigenvalue weighted by molar-refractivity contribution is 0.0857. The van der Waals surface area contributed by atoms with E-state index in [1.807, 2.05) is 24.3 Å². The first-order chi connectivity index (χ1) is 9.16. The Morgan fingerprint density at radius 3 is 3.00 bits per heavy atom. The van der Waals surface area contributed by atoms with Gasteiger partial charge in [-0.1, -0.05) is 24.3 Å². The Morgan fingerprint density at radius 2 is 2.26 bits per heavy atom. The Bertz CT molecular complexity index is 621. The number of carbonyl (C=O) groups excluding carboxylic acids is 1. The minimum atomic E-state index is -0.575. The Hall–Kier alpha value is -2.14. The monoisotopic (exact) mass is 257 g/mol. The summed E-state index contributed by atoms with van der Waals surface area (Å²) in [5.41, 5.74) is 3.31. The van der Waals surface area contributed by atoms with Gasteiger partial charge < -0.3 is 10.4 Å². The summed E-state index contributed by atoms with van der Waals surface area (Å²) in [7, 11) is 0. The minimum Gasteiger partial charge on any atom is -0.390 e. The van der Waals surface area contributed by atoms with Gasteiger partial charge in [-0.05, 0) is 18.1 Å². The number of aliphatic hydroxyl groups is 1. The Balaban J connectivity index is 1.84. The zero-order valence-corrected chi connectivity index (χ0v) is 10.6. The average Bonchev–Trinajstić information content (AvgIpc) is 2.94. The summed E-state index contributed by atoms with van der Waals surface area (Å²) in [5.74, 6) is -0.216. The smallest absolute Gasteiger partial charge is 0.255 e. The second-order valence-electron chi connectivity index (χ2n) is 4.83. The van der Waals surface area contributed by atoms with E-state index >= 15 is 0 Å². The lowest BCUT2D eigenvalue weighted by Gasteiger charge is -2.17. The van der Waals surface area contributed by atoms with Crippen molar-refractivity contribution in [2.75, 3.05) is 0 Å². The predicted molar refractivity (Wildman–Crippen MR) is 69.7 cm³/mol. The lowest BCUT2D eigenvalue weighted by Crippen LogP contribution is -2.34. The number of H-pyrrole nitrogens is 1. The van der Waals surface area contributed by atoms with Crippen LogP contribution >= 0.6 is 0 Å². The third kappa shape index (κ3) is 2.02. The van der Waals surface area contributed by atoms with Crippen molar-refractivity contribution in [3.63, 3.8) is 0 Å². The van der Waals surface area contributed by atoms with E-state index in [1.165, 1.54) is 6.20 Å². The van der Waals surface area contributed by atoms with Crippen molar-refractivity contribution in [2.24, 2.45) is 0 Å². The van der Waals surface area contributed by atoms with Crippen LogP contribution < -0.4 is 5.32 Å². The highest BCUT2D eigenvalue weighted by Crippen LogP contribution is 2.31. The molecule has 5 heteroatoms. The van der Waals surface area contributed by atoms with Gasteiger partial charge in [0.2, 0.25) is 0 Å². The molecule has 1 aliphatic carbocycles. The standard InChI is InChI=1S/C14H15N3O2/c1-8-11(7-15-17-8)14(19)16-13-10-5-3-2-4-9(10)6-12(13)18/h2-5,7,12-13,18H,6H2,1H3,(H,15,17)(H,16,19)/t12-,13+/m1/s1. The van der Waals surface area contributed by atoms with E-state index < -0.39 is 6.10 Å². The topological polar surface area (TPSA) is 78.0 Å². The van der Waals surface area contributed by atoms with Crippen LogP contribution in [0.1, 0.15) is 33.2 Å². The van der Waals surface area contributed by atoms with Crippen LogP contribution in [-0.4, -0.2) is 27.3 Å². The van der Waals surface area contributed by atoms with Crippen LogP contribution in [0.3, 0.4) is 0 Å². The van der Waals surface area contributed by atoms with Crippen molar-refractivity contribution in [1.29, 1.82) is 0 Å². The number of aromatic amines is 1. The summed E-state index contributed by atoms with van der Waals surface area (Å²) < 4.78 is 0. The maximum Gasteiger partial charge on any atom is 0.255 e. The first kappa shape index (κ1) is 11.9. The van der Waals surface area contributed by atoms with E-state index in [-0.39, 0.29) is 11.9 Å². The van der Waals surface area contributed by atoms with Crippen LogP contribution in [0.2, 0.25) is 0 Å². The Morgan fingerprint density at radius 1 is 1.47 bits per heavy atom. The molecule has 19 heavy (non-hydrogen) atoms. The molecular weight excluding hydrogens is 242 g/mol. The highest BCUT2D eigenvalue weighted by molar-refractivity contribution is 5.95. The van der Waals surface area contributed by atoms with Crippen LogP contribution in [0.5, 0.6) is 0 Å². The molecule has 1 amide bonds. The lowest BCUT2D eigenvalue weighted by atomic mass is 10.1. The number of nitrogens with zero attached hydrogens (tertiary/aromatic N) is 1. The van der Waals surface area contributed by atoms with Crippen molar-refractivity contribution in [1.82, 2.24) is 15.5 Å². The quantitative estimate of drug-likeness (QED) is 0.754. The zero-order chi connectivity index (χ0) is 13.4. The molecule has 0 aliphatic heterocycles. The summed E-state index contributed by atoms with van der Waals surface area (Å²) in [4.78, 5) is 12.2. The molecule has 0 bridgehead atoms. The normalized spacial score (nSPS) is 21.2. The van der Waals surface area contributed by atoms with Gasteiger partial charge in [0.1, 0.15) is 0 Å². The van der Waals surface area contributed by atoms with E-state index in [0.29, 0.717) is 12.0 Å². The number of hydrogen-bond acceptors (Lipinski definition) is 3. The van der Waals surface area contributed by atoms with E-state index in [1.54, 1.807) is 6.92 Å². The number of aromatic nitrogens is 2. The number of nitrogens with one attached hydrogen (secondary N) is 2. The summed E-state index contributed by atoms with van der Waals surface area (Å²) >= 11 is 0. The maximum absolute atomic E-state index is 12.2. The Labute approximate surface area is 110 Å². The molecule has 0 saturated carbocycles. The van der Waals surface area contributed by atoms with Gasteiger partial charge in [-0.15, -0.1) is 0 Å². The molecule has 0 unspecified atom stereocenters. The van der Waals surface area contributed by atoms with Crippen molar-refractivity contribution in [3.8, 4) is 0 Å². The highest BCUT2D eigenvalue weighted by atomic mass is 16.3. The summed E-state index contributed by atoms with van der Waals surface area (Å²) in [5, 5.41) is 19.5. The van der Waals surface area contributed by atoms with Crippen LogP contribution in [0.25, 0.3) is 0 Å². The maximum atomic E-state index is 12.2. The molecule has 0 saturated heterocycles. The van der Waals surface area contributed by atoms with Gasteiger partial charge in [0.05, 0.1) is 23.9 Å². The first-order valence-corrected chi connectivity index (χ1v) is 6.23. The summed E-state index contributed by atoms with van der Waals surface area (Å²) in [6, 6.07) is 7.43. The minimum absolute atomic E-state index is 0.216. The molecule has 3 N–H and O–H groups in total. The molecular formula is C14H15N3O2. The molecule has 1 aliphatic rings. The molecule has 2 aromatic rings. The summed E-state index contributed by atoms with van der Waals surface area (Å²) in [6.07, 6.45) is 1.50. The van der Waals surface area contributed by atoms with Gasteiger partial charge in [0.15, 0.2) is 0 Å². The molecule has 3 rings (SSSR count). The van der Waals surface area contributed by atoms with Gasteiger partial charge in [-0.25, -0.2) is 0 Å². The van der Waals surface area contributed by atoms with E-state index in [4.69, 9.17) is 0 Å². The van der Waals surface area contributed by atoms with Gasteiger partial charge in [-0.2, -0.15) is 5.10 Å². The summed E-state index contributed by atoms with van der Waals surface area (Å²) in [6.45, 7) is 1.79. The van der Waals surface area contributed by atoms with E-state index in [2.05, 4.69) is 15.5 Å². The zero-order valence-electron chi connectivity index (χ0n) is 10.6. The van der Waals surface area contributed by atoms with Crippen LogP contribution in [-0.2, 0) is 6.42 Å². The molecule has 98 valence electrons. The van der Waals surface area contributed by atoms with Gasteiger partial charge >= 0.3 is 0 Å². The molecule has 0 spiro atoms. The van der Waals surface area contributed by atoms with Crippen LogP contribution in [0, 0.1) is 6.92 Å². The number of fused-ring (bicyclic) bond motifs is 1. The predicted octanol–water partition coefficient (Wildman–Crippen LogP) is 1.11. The fraction of sp³-hybridized carbons (Fsp3) is 0.286. The number of benzene rings is 1.